The van der Waals surface area contributed by atoms with E-state index in [1.54, 1.807) is 51.4 Å². The van der Waals surface area contributed by atoms with Crippen LogP contribution in [0.5, 0.6) is 0 Å². The van der Waals surface area contributed by atoms with Crippen molar-refractivity contribution in [3.63, 3.8) is 0 Å². The molecule has 0 amide bonds. The highest BCUT2D eigenvalue weighted by molar-refractivity contribution is 9.10. The summed E-state index contributed by atoms with van der Waals surface area (Å²) < 4.78 is 21.3. The maximum Gasteiger partial charge on any atom is 0.341 e. The third-order valence-corrected chi connectivity index (χ3v) is 43.4. The van der Waals surface area contributed by atoms with E-state index < -0.39 is 43.5 Å². The van der Waals surface area contributed by atoms with Crippen LogP contribution in [0.3, 0.4) is 0 Å². The molecule has 5 aromatic carbocycles. The van der Waals surface area contributed by atoms with E-state index >= 15 is 0 Å². The Morgan fingerprint density at radius 3 is 0.964 bits per heavy atom. The second kappa shape index (κ2) is 34.5. The van der Waals surface area contributed by atoms with Crippen LogP contribution in [0.25, 0.3) is 63.9 Å². The monoisotopic (exact) mass is 1740 g/mol. The number of carbonyl (C=O) groups is 2. The first-order valence-corrected chi connectivity index (χ1v) is 57.6. The number of hydrogen-bond acceptors (Lipinski definition) is 15. The highest BCUT2D eigenvalue weighted by atomic mass is 79.9. The van der Waals surface area contributed by atoms with Crippen LogP contribution in [-0.2, 0) is 25.5 Å². The van der Waals surface area contributed by atoms with Crippen LogP contribution in [-0.4, -0.2) is 73.6 Å². The minimum Gasteiger partial charge on any atom is -0.462 e. The van der Waals surface area contributed by atoms with E-state index in [2.05, 4.69) is 278 Å². The van der Waals surface area contributed by atoms with E-state index in [0.717, 1.165) is 112 Å². The molecule has 0 fully saturated rings. The zero-order valence-electron chi connectivity index (χ0n) is 65.2. The molecule has 110 heavy (non-hydrogen) atoms. The predicted molar refractivity (Wildman–Crippen MR) is 508 cm³/mol. The van der Waals surface area contributed by atoms with Crippen LogP contribution in [0.1, 0.15) is 107 Å². The topological polar surface area (TPSA) is 110 Å². The lowest BCUT2D eigenvalue weighted by atomic mass is 9.78. The van der Waals surface area contributed by atoms with Gasteiger partial charge in [0.2, 0.25) is 0 Å². The van der Waals surface area contributed by atoms with Crippen molar-refractivity contribution < 1.29 is 45.5 Å². The largest absolute Gasteiger partial charge is 0.462 e. The first-order valence-electron chi connectivity index (χ1n) is 36.2. The SMILES string of the molecule is CCOC(=O)c1c(-c2ccc([Si](C)(C)C)s2)sc2c(C(=O)OCC)c(-c3ccc([Si](C)(C)C)s3)sc12.Cc1ccc(Br)cc1.Cc1ccc(C(O)(c2ccc(C)cc2)c2c(-c3ccc([Si](C)(C)C)s3)sc3c(C(O)(c4ccc(C)cc4)c4ccc(C=C=C=C=C=C=C=C=O)cc4)c(-c4ccc([Si](C)(C)C)s4)sc23)cc1.[HH].[HH].[HH].[HH].[HH].[HH].[HH].[HH]. The number of benzene rings is 5. The summed E-state index contributed by atoms with van der Waals surface area (Å²) in [5.74, 6) is 0.831. The average Bonchev–Trinajstić information content (AvgIpc) is 1.53. The number of halogens is 1. The summed E-state index contributed by atoms with van der Waals surface area (Å²) in [4.78, 5) is 45.1. The minimum atomic E-state index is -1.72. The van der Waals surface area contributed by atoms with Crippen molar-refractivity contribution in [1.29, 1.82) is 0 Å². The Balaban J connectivity index is 0.000000586. The molecule has 13 rings (SSSR count). The van der Waals surface area contributed by atoms with Gasteiger partial charge in [0.15, 0.2) is 5.94 Å². The summed E-state index contributed by atoms with van der Waals surface area (Å²) >= 11 is 16.9. The molecule has 0 radical (unpaired) electrons. The van der Waals surface area contributed by atoms with Gasteiger partial charge in [-0.2, -0.15) is 0 Å². The number of ether oxygens (including phenoxy) is 2. The fraction of sp³-hybridized carbons (Fsp3) is 0.244. The van der Waals surface area contributed by atoms with Gasteiger partial charge in [-0.15, -0.1) is 90.7 Å². The molecule has 0 saturated carbocycles. The summed E-state index contributed by atoms with van der Waals surface area (Å²) in [7, 11) is -6.41. The molecule has 0 aliphatic heterocycles. The van der Waals surface area contributed by atoms with E-state index in [4.69, 9.17) is 9.47 Å². The smallest absolute Gasteiger partial charge is 0.341 e. The van der Waals surface area contributed by atoms with E-state index in [1.807, 2.05) is 85.1 Å². The Morgan fingerprint density at radius 1 is 0.391 bits per heavy atom. The average molecular weight is 1750 g/mol. The van der Waals surface area contributed by atoms with Crippen LogP contribution >= 0.6 is 107 Å². The van der Waals surface area contributed by atoms with Crippen LogP contribution in [0.4, 0.5) is 0 Å². The lowest BCUT2D eigenvalue weighted by Crippen LogP contribution is -2.34. The van der Waals surface area contributed by atoms with Crippen LogP contribution < -0.4 is 18.0 Å². The molecule has 1 atom stereocenters. The summed E-state index contributed by atoms with van der Waals surface area (Å²) in [5, 5.41) is 28.2. The minimum absolute atomic E-state index is 0. The summed E-state index contributed by atoms with van der Waals surface area (Å²) in [6, 6.07) is 58.6. The molecule has 8 aromatic heterocycles. The zero-order chi connectivity index (χ0) is 79.4. The molecule has 8 heterocycles. The van der Waals surface area contributed by atoms with Gasteiger partial charge >= 0.3 is 11.9 Å². The van der Waals surface area contributed by atoms with E-state index in [9.17, 15) is 24.6 Å². The van der Waals surface area contributed by atoms with Crippen molar-refractivity contribution in [2.75, 3.05) is 13.2 Å². The van der Waals surface area contributed by atoms with E-state index in [1.165, 1.54) is 52.2 Å². The molecule has 20 heteroatoms. The molecule has 2 N–H and O–H groups in total. The fourth-order valence-corrected chi connectivity index (χ4v) is 30.6. The van der Waals surface area contributed by atoms with Gasteiger partial charge in [-0.3, -0.25) is 0 Å². The van der Waals surface area contributed by atoms with Crippen molar-refractivity contribution in [2.24, 2.45) is 0 Å². The standard InChI is InChI=1S/C57H50O3S4Si2.C26H32O4S4Si2.C7H7Br.8H2/c1-38-17-25-42(26-18-38)56(59,43-27-19-39(2)20-28-43)50-52(46-33-35-48(61-46)65(4,5)6)63-55-51(53(64-54(50)55)47-34-36-49(62-47)66(7,8)9)57(60,44-29-21-40(3)22-30-44)45-31-23-41(24-32-45)16-14-12-10-11-13-15-37-58;1-9-29-25(27)19-21(15-11-13-17(31-15)35(3,4)5)33-24-20(26(28)30-10-2)22(34-23(19)24)16-12-14-18(32-16)36(6,7)8;1-6-2-4-7(8)5-3-6;;;;;;;;/h16-36,59-60H,1-9H3;11-14H,9-10H2,1-8H3;2-5H,1H3;8*1H. The van der Waals surface area contributed by atoms with E-state index in [-0.39, 0.29) is 23.4 Å². The highest BCUT2D eigenvalue weighted by Crippen LogP contribution is 2.60. The number of rotatable bonds is 19. The van der Waals surface area contributed by atoms with Crippen molar-refractivity contribution >= 4 is 200 Å². The maximum absolute atomic E-state index is 14.2. The van der Waals surface area contributed by atoms with Gasteiger partial charge in [0.25, 0.3) is 0 Å². The van der Waals surface area contributed by atoms with Gasteiger partial charge in [-0.05, 0) is 141 Å². The van der Waals surface area contributed by atoms with Crippen molar-refractivity contribution in [2.45, 2.75) is 131 Å². The van der Waals surface area contributed by atoms with Crippen LogP contribution in [0.15, 0.2) is 209 Å². The molecule has 0 bridgehead atoms. The molecule has 0 aliphatic rings. The molecule has 0 spiro atoms. The molecule has 7 nitrogen and oxygen atoms in total. The normalized spacial score (nSPS) is 12.2. The van der Waals surface area contributed by atoms with Gasteiger partial charge in [0, 0.05) is 63.7 Å². The Hall–Kier alpha value is -7.44. The third kappa shape index (κ3) is 18.3. The van der Waals surface area contributed by atoms with Gasteiger partial charge in [0.1, 0.15) is 11.2 Å². The number of fused-ring (bicyclic) bond motifs is 2. The first kappa shape index (κ1) is 83.5. The van der Waals surface area contributed by atoms with Gasteiger partial charge < -0.3 is 19.7 Å². The number of hydrogen-bond donors (Lipinski definition) is 2. The van der Waals surface area contributed by atoms with Crippen molar-refractivity contribution in [3.8, 4) is 39.0 Å². The quantitative estimate of drug-likeness (QED) is 0.0359. The lowest BCUT2D eigenvalue weighted by molar-refractivity contribution is 0.0519. The fourth-order valence-electron chi connectivity index (χ4n) is 12.4. The second-order valence-corrected chi connectivity index (χ2v) is 62.0. The van der Waals surface area contributed by atoms with Crippen LogP contribution in [0.2, 0.25) is 78.6 Å². The third-order valence-electron chi connectivity index (χ3n) is 18.4. The highest BCUT2D eigenvalue weighted by Gasteiger charge is 2.46. The Bertz CT molecular complexity index is 5690. The lowest BCUT2D eigenvalue weighted by Gasteiger charge is -2.31. The molecule has 1 unspecified atom stereocenters. The van der Waals surface area contributed by atoms with E-state index in [0.29, 0.717) is 29.9 Å². The first-order chi connectivity index (χ1) is 52.1. The second-order valence-electron chi connectivity index (χ2n) is 31.1. The number of thiophene rings is 8. The number of carbonyl (C=O) groups excluding carboxylic acids is 3. The Kier molecular flexibility index (Phi) is 26.2. The van der Waals surface area contributed by atoms with Gasteiger partial charge in [-0.1, -0.05) is 256 Å². The number of aryl methyl sites for hydroxylation is 4. The van der Waals surface area contributed by atoms with Crippen molar-refractivity contribution in [3.05, 3.63) is 281 Å². The molecule has 0 aliphatic carbocycles. The summed E-state index contributed by atoms with van der Waals surface area (Å²) in [6.45, 7) is 40.7. The molecular weight excluding hydrogens is 1640 g/mol. The molecule has 0 saturated heterocycles. The molecule has 578 valence electrons. The maximum atomic E-state index is 14.2. The summed E-state index contributed by atoms with van der Waals surface area (Å²) in [6.07, 6.45) is 1.77. The summed E-state index contributed by atoms with van der Waals surface area (Å²) in [5.41, 5.74) is 23.5. The number of aliphatic hydroxyl groups is 2. The number of esters is 2. The predicted octanol–water partition coefficient (Wildman–Crippen LogP) is 26.4. The van der Waals surface area contributed by atoms with Gasteiger partial charge in [0.05, 0.1) is 94.9 Å². The Morgan fingerprint density at radius 2 is 0.673 bits per heavy atom. The molecular formula is C90H105BrO7S8Si4. The Labute approximate surface area is 703 Å². The van der Waals surface area contributed by atoms with Crippen LogP contribution in [0, 0.1) is 27.7 Å². The van der Waals surface area contributed by atoms with Crippen molar-refractivity contribution in [1.82, 2.24) is 0 Å². The molecule has 13 aromatic rings. The zero-order valence-corrected chi connectivity index (χ0v) is 77.4. The van der Waals surface area contributed by atoms with Gasteiger partial charge in [-0.25, -0.2) is 14.4 Å².